The lowest BCUT2D eigenvalue weighted by molar-refractivity contribution is -0.123. The number of hydrogen-bond acceptors (Lipinski definition) is 4. The first-order valence-corrected chi connectivity index (χ1v) is 13.0. The number of rotatable bonds is 8. The molecule has 1 aliphatic carbocycles. The fourth-order valence-electron chi connectivity index (χ4n) is 4.01. The van der Waals surface area contributed by atoms with Crippen molar-refractivity contribution in [3.05, 3.63) is 59.1 Å². The summed E-state index contributed by atoms with van der Waals surface area (Å²) in [7, 11) is -2.52. The Kier molecular flexibility index (Phi) is 8.96. The maximum absolute atomic E-state index is 13.2. The summed E-state index contributed by atoms with van der Waals surface area (Å²) in [5, 5.41) is 3.29. The van der Waals surface area contributed by atoms with Gasteiger partial charge in [0.15, 0.2) is 0 Å². The third kappa shape index (κ3) is 6.95. The molecule has 0 bridgehead atoms. The minimum Gasteiger partial charge on any atom is -0.495 e. The molecule has 0 unspecified atom stereocenters. The lowest BCUT2D eigenvalue weighted by Crippen LogP contribution is -2.50. The van der Waals surface area contributed by atoms with E-state index in [1.165, 1.54) is 44.6 Å². The minimum atomic E-state index is -3.98. The van der Waals surface area contributed by atoms with Gasteiger partial charge >= 0.3 is 0 Å². The van der Waals surface area contributed by atoms with Crippen molar-refractivity contribution in [3.8, 4) is 5.75 Å². The zero-order valence-electron chi connectivity index (χ0n) is 18.3. The van der Waals surface area contributed by atoms with Crippen molar-refractivity contribution < 1.29 is 17.9 Å². The van der Waals surface area contributed by atoms with Gasteiger partial charge in [0.25, 0.3) is 0 Å². The molecule has 0 heterocycles. The highest BCUT2D eigenvalue weighted by Gasteiger charge is 2.28. The first kappa shape index (κ1) is 24.6. The summed E-state index contributed by atoms with van der Waals surface area (Å²) in [6.45, 7) is 0. The molecule has 1 amide bonds. The van der Waals surface area contributed by atoms with Crippen LogP contribution in [0.1, 0.15) is 50.5 Å². The quantitative estimate of drug-likeness (QED) is 0.586. The van der Waals surface area contributed by atoms with Crippen LogP contribution in [0.25, 0.3) is 0 Å². The maximum atomic E-state index is 13.2. The Morgan fingerprint density at radius 1 is 1.06 bits per heavy atom. The highest BCUT2D eigenvalue weighted by atomic mass is 35.5. The number of benzene rings is 2. The largest absolute Gasteiger partial charge is 0.495 e. The van der Waals surface area contributed by atoms with Crippen molar-refractivity contribution >= 4 is 27.5 Å². The summed E-state index contributed by atoms with van der Waals surface area (Å²) in [6.07, 6.45) is 7.82. The number of amides is 1. The van der Waals surface area contributed by atoms with E-state index in [0.29, 0.717) is 5.75 Å². The Morgan fingerprint density at radius 2 is 1.72 bits per heavy atom. The maximum Gasteiger partial charge on any atom is 0.241 e. The topological polar surface area (TPSA) is 84.5 Å². The highest BCUT2D eigenvalue weighted by Crippen LogP contribution is 2.27. The molecule has 32 heavy (non-hydrogen) atoms. The second kappa shape index (κ2) is 11.7. The molecule has 6 nitrogen and oxygen atoms in total. The molecule has 1 saturated carbocycles. The van der Waals surface area contributed by atoms with Gasteiger partial charge in [-0.15, -0.1) is 0 Å². The predicted molar refractivity (Wildman–Crippen MR) is 127 cm³/mol. The molecule has 8 heteroatoms. The summed E-state index contributed by atoms with van der Waals surface area (Å²) in [5.41, 5.74) is 0.876. The molecule has 174 valence electrons. The number of carbonyl (C=O) groups is 1. The molecule has 2 aromatic rings. The lowest BCUT2D eigenvalue weighted by atomic mass is 9.96. The second-order valence-corrected chi connectivity index (χ2v) is 10.3. The summed E-state index contributed by atoms with van der Waals surface area (Å²) in [5.74, 6) is 0.0797. The van der Waals surface area contributed by atoms with Crippen LogP contribution >= 0.6 is 11.6 Å². The summed E-state index contributed by atoms with van der Waals surface area (Å²) >= 11 is 6.13. The molecule has 0 radical (unpaired) electrons. The van der Waals surface area contributed by atoms with E-state index in [1.54, 1.807) is 0 Å². The lowest BCUT2D eigenvalue weighted by Gasteiger charge is -2.25. The van der Waals surface area contributed by atoms with Crippen LogP contribution in [0.3, 0.4) is 0 Å². The van der Waals surface area contributed by atoms with E-state index in [1.807, 2.05) is 30.3 Å². The molecule has 0 saturated heterocycles. The molecule has 1 fully saturated rings. The van der Waals surface area contributed by atoms with Crippen molar-refractivity contribution in [1.29, 1.82) is 0 Å². The highest BCUT2D eigenvalue weighted by molar-refractivity contribution is 7.89. The number of nitrogens with one attached hydrogen (secondary N) is 2. The van der Waals surface area contributed by atoms with Gasteiger partial charge in [-0.25, -0.2) is 8.42 Å². The van der Waals surface area contributed by atoms with Crippen LogP contribution in [-0.4, -0.2) is 33.5 Å². The van der Waals surface area contributed by atoms with E-state index in [9.17, 15) is 13.2 Å². The Labute approximate surface area is 195 Å². The smallest absolute Gasteiger partial charge is 0.241 e. The number of carbonyl (C=O) groups excluding carboxylic acids is 1. The first-order chi connectivity index (χ1) is 15.4. The van der Waals surface area contributed by atoms with Crippen LogP contribution in [0.4, 0.5) is 0 Å². The monoisotopic (exact) mass is 478 g/mol. The van der Waals surface area contributed by atoms with E-state index >= 15 is 0 Å². The van der Waals surface area contributed by atoms with E-state index in [-0.39, 0.29) is 28.3 Å². The molecule has 1 atom stereocenters. The van der Waals surface area contributed by atoms with Gasteiger partial charge in [-0.05, 0) is 43.0 Å². The molecule has 0 aromatic heterocycles. The Bertz CT molecular complexity index is 990. The van der Waals surface area contributed by atoms with Gasteiger partial charge < -0.3 is 10.1 Å². The summed E-state index contributed by atoms with van der Waals surface area (Å²) in [4.78, 5) is 13.2. The molecule has 1 aliphatic rings. The van der Waals surface area contributed by atoms with Crippen molar-refractivity contribution in [2.24, 2.45) is 0 Å². The molecule has 0 aliphatic heterocycles. The number of ether oxygens (including phenoxy) is 1. The minimum absolute atomic E-state index is 0.0138. The third-order valence-corrected chi connectivity index (χ3v) is 7.55. The van der Waals surface area contributed by atoms with Crippen LogP contribution in [0.5, 0.6) is 5.75 Å². The zero-order valence-corrected chi connectivity index (χ0v) is 19.9. The van der Waals surface area contributed by atoms with Crippen LogP contribution in [0.2, 0.25) is 5.02 Å². The predicted octanol–water partition coefficient (Wildman–Crippen LogP) is 4.47. The molecular weight excluding hydrogens is 448 g/mol. The standard InChI is InChI=1S/C24H31ClN2O4S/c1-31-23-15-14-20(17-21(23)25)32(29,30)27-22(16-18-10-6-5-7-11-18)24(28)26-19-12-8-3-2-4-9-13-19/h5-7,10-11,14-15,17,19,22,27H,2-4,8-9,12-13,16H2,1H3,(H,26,28)/t22-/m0/s1. The fraction of sp³-hybridized carbons (Fsp3) is 0.458. The third-order valence-electron chi connectivity index (χ3n) is 5.78. The number of halogens is 1. The van der Waals surface area contributed by atoms with Crippen LogP contribution in [-0.2, 0) is 21.2 Å². The van der Waals surface area contributed by atoms with Crippen LogP contribution in [0.15, 0.2) is 53.4 Å². The number of hydrogen-bond donors (Lipinski definition) is 2. The van der Waals surface area contributed by atoms with E-state index in [4.69, 9.17) is 16.3 Å². The Hall–Kier alpha value is -2.09. The van der Waals surface area contributed by atoms with Gasteiger partial charge in [-0.3, -0.25) is 4.79 Å². The average Bonchev–Trinajstić information content (AvgIpc) is 2.75. The molecule has 0 spiro atoms. The second-order valence-electron chi connectivity index (χ2n) is 8.21. The average molecular weight is 479 g/mol. The van der Waals surface area contributed by atoms with Gasteiger partial charge in [-0.1, -0.05) is 74.0 Å². The molecule has 3 rings (SSSR count). The fourth-order valence-corrected chi connectivity index (χ4v) is 5.55. The van der Waals surface area contributed by atoms with Crippen molar-refractivity contribution in [2.75, 3.05) is 7.11 Å². The van der Waals surface area contributed by atoms with Gasteiger partial charge in [0.05, 0.1) is 17.0 Å². The van der Waals surface area contributed by atoms with E-state index in [2.05, 4.69) is 10.0 Å². The van der Waals surface area contributed by atoms with Gasteiger partial charge in [0.2, 0.25) is 15.9 Å². The normalized spacial score (nSPS) is 16.6. The Morgan fingerprint density at radius 3 is 2.34 bits per heavy atom. The van der Waals surface area contributed by atoms with Crippen molar-refractivity contribution in [3.63, 3.8) is 0 Å². The molecule has 2 N–H and O–H groups in total. The van der Waals surface area contributed by atoms with Crippen LogP contribution < -0.4 is 14.8 Å². The van der Waals surface area contributed by atoms with Gasteiger partial charge in [-0.2, -0.15) is 4.72 Å². The number of sulfonamides is 1. The Balaban J connectivity index is 1.80. The van der Waals surface area contributed by atoms with Crippen molar-refractivity contribution in [1.82, 2.24) is 10.0 Å². The first-order valence-electron chi connectivity index (χ1n) is 11.1. The molecular formula is C24H31ClN2O4S. The van der Waals surface area contributed by atoms with Gasteiger partial charge in [0.1, 0.15) is 11.8 Å². The van der Waals surface area contributed by atoms with Crippen LogP contribution in [0, 0.1) is 0 Å². The van der Waals surface area contributed by atoms with Crippen molar-refractivity contribution in [2.45, 2.75) is 68.3 Å². The SMILES string of the molecule is COc1ccc(S(=O)(=O)N[C@@H](Cc2ccccc2)C(=O)NC2CCCCCCC2)cc1Cl. The van der Waals surface area contributed by atoms with Gasteiger partial charge in [0, 0.05) is 6.04 Å². The molecule has 2 aromatic carbocycles. The van der Waals surface area contributed by atoms with E-state index < -0.39 is 16.1 Å². The number of methoxy groups -OCH3 is 1. The summed E-state index contributed by atoms with van der Waals surface area (Å²) in [6, 6.07) is 12.8. The summed E-state index contributed by atoms with van der Waals surface area (Å²) < 4.78 is 33.9. The zero-order chi connectivity index (χ0) is 23.0. The van der Waals surface area contributed by atoms with E-state index in [0.717, 1.165) is 31.2 Å².